The lowest BCUT2D eigenvalue weighted by Crippen LogP contribution is -1.92. The van der Waals surface area contributed by atoms with E-state index in [9.17, 15) is 0 Å². The van der Waals surface area contributed by atoms with Crippen molar-refractivity contribution in [1.29, 1.82) is 0 Å². The van der Waals surface area contributed by atoms with Gasteiger partial charge in [0.05, 0.1) is 0 Å². The van der Waals surface area contributed by atoms with Gasteiger partial charge in [0.25, 0.3) is 0 Å². The second kappa shape index (κ2) is 3.42. The second-order valence-electron chi connectivity index (χ2n) is 2.73. The zero-order valence-electron chi connectivity index (χ0n) is 7.21. The number of benzene rings is 1. The summed E-state index contributed by atoms with van der Waals surface area (Å²) < 4.78 is 11.5. The molecule has 1 aliphatic heterocycles. The fourth-order valence-corrected chi connectivity index (χ4v) is 1.69. The predicted octanol–water partition coefficient (Wildman–Crippen LogP) is 3.21. The smallest absolute Gasteiger partial charge is 0.231 e. The molecule has 2 rings (SSSR count). The van der Waals surface area contributed by atoms with Gasteiger partial charge in [-0.2, -0.15) is 0 Å². The minimum atomic E-state index is 0.321. The van der Waals surface area contributed by atoms with Gasteiger partial charge in [-0.1, -0.05) is 28.1 Å². The molecule has 0 amide bonds. The summed E-state index contributed by atoms with van der Waals surface area (Å²) in [6.07, 6.45) is 4.01. The van der Waals surface area contributed by atoms with E-state index in [1.165, 1.54) is 0 Å². The molecule has 68 valence electrons. The molecule has 1 aromatic rings. The summed E-state index contributed by atoms with van der Waals surface area (Å²) in [5.74, 6) is 1.62. The molecule has 1 aromatic carbocycles. The number of rotatable bonds is 1. The van der Waals surface area contributed by atoms with E-state index in [1.54, 1.807) is 0 Å². The Morgan fingerprint density at radius 3 is 2.69 bits per heavy atom. The van der Waals surface area contributed by atoms with Crippen LogP contribution in [0.25, 0.3) is 6.08 Å². The molecule has 0 fully saturated rings. The Morgan fingerprint density at radius 1 is 1.31 bits per heavy atom. The molecule has 1 aliphatic rings. The molecule has 0 saturated heterocycles. The lowest BCUT2D eigenvalue weighted by Gasteiger charge is -2.00. The first-order chi connectivity index (χ1) is 6.31. The standard InChI is InChI=1S/C10H9BrO2/c1-2-3-7-4-9-10(5-8(7)11)13-6-12-9/h2-5H,6H2,1H3. The van der Waals surface area contributed by atoms with Gasteiger partial charge in [0, 0.05) is 4.47 Å². The largest absolute Gasteiger partial charge is 0.454 e. The third kappa shape index (κ3) is 1.56. The first-order valence-corrected chi connectivity index (χ1v) is 4.82. The van der Waals surface area contributed by atoms with Crippen molar-refractivity contribution in [3.05, 3.63) is 28.2 Å². The Balaban J connectivity index is 2.49. The van der Waals surface area contributed by atoms with Crippen LogP contribution in [-0.4, -0.2) is 6.79 Å². The molecule has 2 nitrogen and oxygen atoms in total. The highest BCUT2D eigenvalue weighted by atomic mass is 79.9. The molecular formula is C10H9BrO2. The SMILES string of the molecule is CC=Cc1cc2c(cc1Br)OCO2. The Hall–Kier alpha value is -0.960. The highest BCUT2D eigenvalue weighted by Crippen LogP contribution is 2.37. The average molecular weight is 241 g/mol. The van der Waals surface area contributed by atoms with Crippen molar-refractivity contribution in [2.24, 2.45) is 0 Å². The predicted molar refractivity (Wildman–Crippen MR) is 55.0 cm³/mol. The summed E-state index contributed by atoms with van der Waals surface area (Å²) in [6.45, 7) is 2.30. The van der Waals surface area contributed by atoms with Gasteiger partial charge in [-0.05, 0) is 24.6 Å². The maximum atomic E-state index is 5.26. The van der Waals surface area contributed by atoms with Crippen LogP contribution in [0.5, 0.6) is 11.5 Å². The van der Waals surface area contributed by atoms with Crippen LogP contribution in [-0.2, 0) is 0 Å². The van der Waals surface area contributed by atoms with Crippen molar-refractivity contribution < 1.29 is 9.47 Å². The Kier molecular flexibility index (Phi) is 2.27. The van der Waals surface area contributed by atoms with Crippen LogP contribution in [0, 0.1) is 0 Å². The maximum absolute atomic E-state index is 5.26. The summed E-state index contributed by atoms with van der Waals surface area (Å²) in [4.78, 5) is 0. The first kappa shape index (κ1) is 8.63. The zero-order chi connectivity index (χ0) is 9.26. The molecule has 0 atom stereocenters. The van der Waals surface area contributed by atoms with Gasteiger partial charge >= 0.3 is 0 Å². The Morgan fingerprint density at radius 2 is 2.00 bits per heavy atom. The molecule has 0 unspecified atom stereocenters. The van der Waals surface area contributed by atoms with E-state index >= 15 is 0 Å². The Bertz CT molecular complexity index is 358. The fraction of sp³-hybridized carbons (Fsp3) is 0.200. The maximum Gasteiger partial charge on any atom is 0.231 e. The van der Waals surface area contributed by atoms with Gasteiger partial charge in [-0.3, -0.25) is 0 Å². The monoisotopic (exact) mass is 240 g/mol. The van der Waals surface area contributed by atoms with Crippen molar-refractivity contribution in [3.8, 4) is 11.5 Å². The second-order valence-corrected chi connectivity index (χ2v) is 3.58. The topological polar surface area (TPSA) is 18.5 Å². The molecule has 0 saturated carbocycles. The molecule has 0 bridgehead atoms. The summed E-state index contributed by atoms with van der Waals surface area (Å²) in [6, 6.07) is 3.89. The number of hydrogen-bond acceptors (Lipinski definition) is 2. The summed E-state index contributed by atoms with van der Waals surface area (Å²) in [5, 5.41) is 0. The molecule has 0 radical (unpaired) electrons. The molecule has 0 N–H and O–H groups in total. The van der Waals surface area contributed by atoms with Crippen molar-refractivity contribution >= 4 is 22.0 Å². The highest BCUT2D eigenvalue weighted by Gasteiger charge is 2.14. The van der Waals surface area contributed by atoms with Crippen LogP contribution in [0.1, 0.15) is 12.5 Å². The van der Waals surface area contributed by atoms with Gasteiger partial charge in [-0.15, -0.1) is 0 Å². The average Bonchev–Trinajstić information content (AvgIpc) is 2.52. The molecule has 0 spiro atoms. The molecule has 13 heavy (non-hydrogen) atoms. The van der Waals surface area contributed by atoms with E-state index in [2.05, 4.69) is 15.9 Å². The highest BCUT2D eigenvalue weighted by molar-refractivity contribution is 9.10. The van der Waals surface area contributed by atoms with Crippen molar-refractivity contribution in [2.75, 3.05) is 6.79 Å². The summed E-state index contributed by atoms with van der Waals surface area (Å²) in [5.41, 5.74) is 1.10. The molecule has 0 aliphatic carbocycles. The number of fused-ring (bicyclic) bond motifs is 1. The lowest BCUT2D eigenvalue weighted by molar-refractivity contribution is 0.174. The quantitative estimate of drug-likeness (QED) is 0.751. The number of ether oxygens (including phenoxy) is 2. The normalized spacial score (nSPS) is 14.0. The van der Waals surface area contributed by atoms with E-state index in [1.807, 2.05) is 31.2 Å². The van der Waals surface area contributed by atoms with Gasteiger partial charge < -0.3 is 9.47 Å². The van der Waals surface area contributed by atoms with E-state index in [0.29, 0.717) is 6.79 Å². The van der Waals surface area contributed by atoms with Crippen LogP contribution >= 0.6 is 15.9 Å². The van der Waals surface area contributed by atoms with E-state index in [0.717, 1.165) is 21.5 Å². The summed E-state index contributed by atoms with van der Waals surface area (Å²) >= 11 is 3.46. The minimum absolute atomic E-state index is 0.321. The van der Waals surface area contributed by atoms with Crippen molar-refractivity contribution in [2.45, 2.75) is 6.92 Å². The van der Waals surface area contributed by atoms with Crippen molar-refractivity contribution in [1.82, 2.24) is 0 Å². The van der Waals surface area contributed by atoms with Crippen LogP contribution in [0.2, 0.25) is 0 Å². The van der Waals surface area contributed by atoms with Crippen LogP contribution in [0.15, 0.2) is 22.7 Å². The van der Waals surface area contributed by atoms with Crippen LogP contribution in [0.3, 0.4) is 0 Å². The van der Waals surface area contributed by atoms with Gasteiger partial charge in [0.15, 0.2) is 11.5 Å². The van der Waals surface area contributed by atoms with Crippen LogP contribution < -0.4 is 9.47 Å². The number of hydrogen-bond donors (Lipinski definition) is 0. The van der Waals surface area contributed by atoms with Crippen LogP contribution in [0.4, 0.5) is 0 Å². The number of allylic oxidation sites excluding steroid dienone is 1. The van der Waals surface area contributed by atoms with Gasteiger partial charge in [0.2, 0.25) is 6.79 Å². The van der Waals surface area contributed by atoms with E-state index in [4.69, 9.17) is 9.47 Å². The fourth-order valence-electron chi connectivity index (χ4n) is 1.24. The first-order valence-electron chi connectivity index (χ1n) is 4.03. The molecule has 3 heteroatoms. The Labute approximate surface area is 85.3 Å². The van der Waals surface area contributed by atoms with E-state index in [-0.39, 0.29) is 0 Å². The molecule has 0 aromatic heterocycles. The molecular weight excluding hydrogens is 232 g/mol. The zero-order valence-corrected chi connectivity index (χ0v) is 8.80. The van der Waals surface area contributed by atoms with Crippen molar-refractivity contribution in [3.63, 3.8) is 0 Å². The van der Waals surface area contributed by atoms with Gasteiger partial charge in [-0.25, -0.2) is 0 Å². The number of halogens is 1. The lowest BCUT2D eigenvalue weighted by atomic mass is 10.2. The third-order valence-electron chi connectivity index (χ3n) is 1.84. The van der Waals surface area contributed by atoms with E-state index < -0.39 is 0 Å². The van der Waals surface area contributed by atoms with Gasteiger partial charge in [0.1, 0.15) is 0 Å². The third-order valence-corrected chi connectivity index (χ3v) is 2.52. The molecule has 1 heterocycles. The summed E-state index contributed by atoms with van der Waals surface area (Å²) in [7, 11) is 0. The minimum Gasteiger partial charge on any atom is -0.454 e.